The first kappa shape index (κ1) is 17.6. The first-order valence-electron chi connectivity index (χ1n) is 6.20. The van der Waals surface area contributed by atoms with Crippen molar-refractivity contribution in [2.75, 3.05) is 0 Å². The molecule has 24 heavy (non-hydrogen) atoms. The number of ether oxygens (including phenoxy) is 1. The van der Waals surface area contributed by atoms with Crippen molar-refractivity contribution in [2.45, 2.75) is 12.5 Å². The van der Waals surface area contributed by atoms with Crippen molar-refractivity contribution in [1.82, 2.24) is 0 Å². The van der Waals surface area contributed by atoms with Gasteiger partial charge in [-0.1, -0.05) is 24.3 Å². The van der Waals surface area contributed by atoms with E-state index in [9.17, 15) is 36.5 Å². The van der Waals surface area contributed by atoms with E-state index in [1.54, 1.807) is 0 Å². The van der Waals surface area contributed by atoms with Gasteiger partial charge in [-0.3, -0.25) is 10.1 Å². The number of rotatable bonds is 3. The van der Waals surface area contributed by atoms with E-state index >= 15 is 0 Å². The van der Waals surface area contributed by atoms with Gasteiger partial charge < -0.3 is 4.74 Å². The zero-order chi connectivity index (χ0) is 18.1. The van der Waals surface area contributed by atoms with Crippen LogP contribution in [0.4, 0.5) is 32.0 Å². The molecular formula is C14H7F6NO3. The van der Waals surface area contributed by atoms with Crippen LogP contribution in [-0.4, -0.2) is 11.3 Å². The van der Waals surface area contributed by atoms with Gasteiger partial charge in [0.1, 0.15) is 0 Å². The summed E-state index contributed by atoms with van der Waals surface area (Å²) < 4.78 is 79.2. The van der Waals surface area contributed by atoms with Crippen LogP contribution in [0.5, 0.6) is 5.75 Å². The molecule has 10 heteroatoms. The molecule has 0 heterocycles. The minimum atomic E-state index is -5.17. The highest BCUT2D eigenvalue weighted by molar-refractivity contribution is 5.72. The first-order valence-corrected chi connectivity index (χ1v) is 6.20. The van der Waals surface area contributed by atoms with Crippen molar-refractivity contribution in [1.29, 1.82) is 0 Å². The van der Waals surface area contributed by atoms with E-state index in [0.29, 0.717) is 12.1 Å². The molecule has 4 nitrogen and oxygen atoms in total. The lowest BCUT2D eigenvalue weighted by atomic mass is 9.98. The van der Waals surface area contributed by atoms with Crippen molar-refractivity contribution < 1.29 is 36.0 Å². The van der Waals surface area contributed by atoms with Crippen LogP contribution in [0.25, 0.3) is 11.1 Å². The summed E-state index contributed by atoms with van der Waals surface area (Å²) in [4.78, 5) is 9.74. The second-order valence-electron chi connectivity index (χ2n) is 4.53. The maximum atomic E-state index is 13.0. The second-order valence-corrected chi connectivity index (χ2v) is 4.53. The highest BCUT2D eigenvalue weighted by Gasteiger charge is 2.36. The van der Waals surface area contributed by atoms with Crippen molar-refractivity contribution in [3.8, 4) is 16.9 Å². The molecular weight excluding hydrogens is 344 g/mol. The molecule has 0 fully saturated rings. The van der Waals surface area contributed by atoms with Crippen molar-refractivity contribution >= 4 is 5.69 Å². The summed E-state index contributed by atoms with van der Waals surface area (Å²) in [6.45, 7) is 0. The van der Waals surface area contributed by atoms with Gasteiger partial charge in [0.05, 0.1) is 10.5 Å². The molecule has 0 atom stereocenters. The zero-order valence-corrected chi connectivity index (χ0v) is 11.5. The monoisotopic (exact) mass is 351 g/mol. The van der Waals surface area contributed by atoms with Crippen LogP contribution in [0.2, 0.25) is 0 Å². The number of nitro groups is 1. The Balaban J connectivity index is 2.59. The fourth-order valence-corrected chi connectivity index (χ4v) is 2.02. The number of nitro benzene ring substituents is 1. The van der Waals surface area contributed by atoms with Gasteiger partial charge in [-0.05, 0) is 23.3 Å². The smallest absolute Gasteiger partial charge is 0.398 e. The normalized spacial score (nSPS) is 12.1. The quantitative estimate of drug-likeness (QED) is 0.435. The van der Waals surface area contributed by atoms with Crippen LogP contribution in [0.1, 0.15) is 5.56 Å². The summed E-state index contributed by atoms with van der Waals surface area (Å²) in [6.07, 6.45) is -9.90. The van der Waals surface area contributed by atoms with Crippen LogP contribution in [0, 0.1) is 10.1 Å². The number of nitrogens with zero attached hydrogens (tertiary/aromatic N) is 1. The summed E-state index contributed by atoms with van der Waals surface area (Å²) in [7, 11) is 0. The van der Waals surface area contributed by atoms with E-state index in [1.165, 1.54) is 6.07 Å². The van der Waals surface area contributed by atoms with Gasteiger partial charge in [0.2, 0.25) is 5.75 Å². The molecule has 0 radical (unpaired) electrons. The third kappa shape index (κ3) is 3.94. The number of benzene rings is 2. The largest absolute Gasteiger partial charge is 0.573 e. The zero-order valence-electron chi connectivity index (χ0n) is 11.5. The molecule has 0 aliphatic carbocycles. The fraction of sp³-hybridized carbons (Fsp3) is 0.143. The number of alkyl halides is 6. The standard InChI is InChI=1S/C14H7F6NO3/c15-13(16,17)10-4-2-1-3-9(10)8-5-6-12(24-14(18,19)20)11(7-8)21(22)23/h1-7H. The lowest BCUT2D eigenvalue weighted by Gasteiger charge is -2.14. The number of halogens is 6. The maximum absolute atomic E-state index is 13.0. The summed E-state index contributed by atoms with van der Waals surface area (Å²) >= 11 is 0. The average Bonchev–Trinajstić information content (AvgIpc) is 2.45. The maximum Gasteiger partial charge on any atom is 0.573 e. The second kappa shape index (κ2) is 6.02. The number of hydrogen-bond donors (Lipinski definition) is 0. The van der Waals surface area contributed by atoms with E-state index < -0.39 is 40.0 Å². The molecule has 0 spiro atoms. The van der Waals surface area contributed by atoms with Crippen LogP contribution in [-0.2, 0) is 6.18 Å². The Morgan fingerprint density at radius 1 is 0.958 bits per heavy atom. The van der Waals surface area contributed by atoms with E-state index in [4.69, 9.17) is 0 Å². The first-order chi connectivity index (χ1) is 11.0. The summed E-state index contributed by atoms with van der Waals surface area (Å²) in [5, 5.41) is 10.9. The van der Waals surface area contributed by atoms with Crippen LogP contribution >= 0.6 is 0 Å². The van der Waals surface area contributed by atoms with Crippen LogP contribution in [0.15, 0.2) is 42.5 Å². The molecule has 0 saturated heterocycles. The Kier molecular flexibility index (Phi) is 4.41. The minimum absolute atomic E-state index is 0.260. The molecule has 0 N–H and O–H groups in total. The predicted octanol–water partition coefficient (Wildman–Crippen LogP) is 5.18. The SMILES string of the molecule is O=[N+]([O-])c1cc(-c2ccccc2C(F)(F)F)ccc1OC(F)(F)F. The minimum Gasteiger partial charge on any atom is -0.398 e. The Hall–Kier alpha value is -2.78. The lowest BCUT2D eigenvalue weighted by Crippen LogP contribution is -2.18. The molecule has 0 aromatic heterocycles. The Bertz CT molecular complexity index is 770. The fourth-order valence-electron chi connectivity index (χ4n) is 2.02. The predicted molar refractivity (Wildman–Crippen MR) is 70.2 cm³/mol. The van der Waals surface area contributed by atoms with Gasteiger partial charge in [-0.25, -0.2) is 0 Å². The highest BCUT2D eigenvalue weighted by atomic mass is 19.4. The highest BCUT2D eigenvalue weighted by Crippen LogP contribution is 2.40. The van der Waals surface area contributed by atoms with E-state index in [1.807, 2.05) is 0 Å². The molecule has 2 rings (SSSR count). The van der Waals surface area contributed by atoms with Gasteiger partial charge in [0.15, 0.2) is 0 Å². The molecule has 0 saturated carbocycles. The van der Waals surface area contributed by atoms with Crippen molar-refractivity contribution in [3.63, 3.8) is 0 Å². The van der Waals surface area contributed by atoms with Gasteiger partial charge in [0.25, 0.3) is 0 Å². The molecule has 0 aliphatic rings. The molecule has 0 amide bonds. The average molecular weight is 351 g/mol. The topological polar surface area (TPSA) is 52.4 Å². The van der Waals surface area contributed by atoms with E-state index in [2.05, 4.69) is 4.74 Å². The van der Waals surface area contributed by atoms with Crippen LogP contribution < -0.4 is 4.74 Å². The molecule has 2 aromatic carbocycles. The Labute approximate surface area is 130 Å². The van der Waals surface area contributed by atoms with Gasteiger partial charge in [-0.2, -0.15) is 13.2 Å². The Morgan fingerprint density at radius 2 is 1.58 bits per heavy atom. The summed E-state index contributed by atoms with van der Waals surface area (Å²) in [6, 6.07) is 6.32. The molecule has 2 aromatic rings. The van der Waals surface area contributed by atoms with Crippen LogP contribution in [0.3, 0.4) is 0 Å². The summed E-state index contributed by atoms with van der Waals surface area (Å²) in [5.41, 5.74) is -2.82. The third-order valence-corrected chi connectivity index (χ3v) is 2.92. The van der Waals surface area contributed by atoms with Gasteiger partial charge in [0, 0.05) is 6.07 Å². The molecule has 128 valence electrons. The molecule has 0 unspecified atom stereocenters. The summed E-state index contributed by atoms with van der Waals surface area (Å²) in [5.74, 6) is -1.11. The Morgan fingerprint density at radius 3 is 2.12 bits per heavy atom. The van der Waals surface area contributed by atoms with Crippen molar-refractivity contribution in [2.24, 2.45) is 0 Å². The third-order valence-electron chi connectivity index (χ3n) is 2.92. The van der Waals surface area contributed by atoms with Gasteiger partial charge >= 0.3 is 18.2 Å². The van der Waals surface area contributed by atoms with E-state index in [-0.39, 0.29) is 5.56 Å². The lowest BCUT2D eigenvalue weighted by molar-refractivity contribution is -0.388. The molecule has 0 bridgehead atoms. The van der Waals surface area contributed by atoms with E-state index in [0.717, 1.165) is 24.3 Å². The molecule has 0 aliphatic heterocycles. The van der Waals surface area contributed by atoms with Gasteiger partial charge in [-0.15, -0.1) is 13.2 Å². The number of hydrogen-bond acceptors (Lipinski definition) is 3. The van der Waals surface area contributed by atoms with Crippen molar-refractivity contribution in [3.05, 3.63) is 58.1 Å².